The van der Waals surface area contributed by atoms with E-state index in [-0.39, 0.29) is 30.0 Å². The van der Waals surface area contributed by atoms with E-state index in [0.717, 1.165) is 56.2 Å². The third-order valence-corrected chi connectivity index (χ3v) is 5.72. The van der Waals surface area contributed by atoms with Crippen LogP contribution in [-0.4, -0.2) is 43.1 Å². The van der Waals surface area contributed by atoms with Gasteiger partial charge in [-0.25, -0.2) is 9.79 Å². The second-order valence-corrected chi connectivity index (χ2v) is 8.14. The van der Waals surface area contributed by atoms with E-state index in [9.17, 15) is 4.79 Å². The fourth-order valence-corrected chi connectivity index (χ4v) is 4.09. The molecule has 0 bridgehead atoms. The van der Waals surface area contributed by atoms with Gasteiger partial charge in [-0.15, -0.1) is 24.0 Å². The third kappa shape index (κ3) is 7.46. The van der Waals surface area contributed by atoms with Crippen LogP contribution in [0.15, 0.2) is 46.1 Å². The van der Waals surface area contributed by atoms with E-state index in [1.165, 1.54) is 5.56 Å². The number of amides is 2. The van der Waals surface area contributed by atoms with Crippen LogP contribution in [-0.2, 0) is 6.54 Å². The molecule has 1 aromatic carbocycles. The molecule has 30 heavy (non-hydrogen) atoms. The molecule has 2 amide bonds. The highest BCUT2D eigenvalue weighted by atomic mass is 127. The van der Waals surface area contributed by atoms with Gasteiger partial charge in [0.15, 0.2) is 5.96 Å². The molecule has 0 spiro atoms. The molecular weight excluding hydrogens is 509 g/mol. The molecule has 3 N–H and O–H groups in total. The molecular formula is C22H32IN5OS. The standard InChI is InChI=1S/C22H31N5OS.HI/c1-3-23-21(24-14-17(2)19-9-12-29-16-19)25-15-18-7-6-8-20(13-18)26-22(28)27-10-4-5-11-27;/h6-9,12-13,16-17H,3-5,10-11,14-15H2,1-2H3,(H,26,28)(H2,23,24,25);1H. The Labute approximate surface area is 200 Å². The first-order valence-electron chi connectivity index (χ1n) is 10.3. The van der Waals surface area contributed by atoms with E-state index < -0.39 is 0 Å². The number of hydrogen-bond acceptors (Lipinski definition) is 3. The van der Waals surface area contributed by atoms with Gasteiger partial charge in [0, 0.05) is 31.9 Å². The normalized spacial score (nSPS) is 14.7. The Morgan fingerprint density at radius 1 is 1.23 bits per heavy atom. The van der Waals surface area contributed by atoms with Crippen molar-refractivity contribution in [1.82, 2.24) is 15.5 Å². The highest BCUT2D eigenvalue weighted by Crippen LogP contribution is 2.17. The van der Waals surface area contributed by atoms with Crippen LogP contribution >= 0.6 is 35.3 Å². The quantitative estimate of drug-likeness (QED) is 0.267. The lowest BCUT2D eigenvalue weighted by atomic mass is 10.1. The zero-order chi connectivity index (χ0) is 20.5. The molecule has 1 aromatic heterocycles. The Balaban J connectivity index is 0.00000320. The van der Waals surface area contributed by atoms with Gasteiger partial charge in [0.05, 0.1) is 6.54 Å². The van der Waals surface area contributed by atoms with Crippen LogP contribution in [0, 0.1) is 0 Å². The van der Waals surface area contributed by atoms with Crippen molar-refractivity contribution in [2.75, 3.05) is 31.5 Å². The summed E-state index contributed by atoms with van der Waals surface area (Å²) in [4.78, 5) is 18.9. The van der Waals surface area contributed by atoms with Crippen LogP contribution in [0.2, 0.25) is 0 Å². The number of hydrogen-bond donors (Lipinski definition) is 3. The highest BCUT2D eigenvalue weighted by Gasteiger charge is 2.17. The van der Waals surface area contributed by atoms with Gasteiger partial charge >= 0.3 is 6.03 Å². The van der Waals surface area contributed by atoms with Crippen LogP contribution in [0.3, 0.4) is 0 Å². The molecule has 1 fully saturated rings. The van der Waals surface area contributed by atoms with E-state index in [4.69, 9.17) is 4.99 Å². The number of urea groups is 1. The van der Waals surface area contributed by atoms with Gasteiger partial charge in [-0.1, -0.05) is 19.1 Å². The average Bonchev–Trinajstić information content (AvgIpc) is 3.44. The Hall–Kier alpha value is -1.81. The molecule has 1 aliphatic heterocycles. The van der Waals surface area contributed by atoms with E-state index in [2.05, 4.69) is 46.6 Å². The van der Waals surface area contributed by atoms with Crippen LogP contribution < -0.4 is 16.0 Å². The fraction of sp³-hybridized carbons (Fsp3) is 0.455. The number of guanidine groups is 1. The molecule has 3 rings (SSSR count). The second-order valence-electron chi connectivity index (χ2n) is 7.36. The number of carbonyl (C=O) groups excluding carboxylic acids is 1. The second kappa shape index (κ2) is 12.8. The summed E-state index contributed by atoms with van der Waals surface area (Å²) in [5.41, 5.74) is 3.23. The predicted molar refractivity (Wildman–Crippen MR) is 137 cm³/mol. The monoisotopic (exact) mass is 541 g/mol. The first-order chi connectivity index (χ1) is 14.2. The van der Waals surface area contributed by atoms with Gasteiger partial charge in [-0.3, -0.25) is 0 Å². The van der Waals surface area contributed by atoms with E-state index >= 15 is 0 Å². The lowest BCUT2D eigenvalue weighted by Crippen LogP contribution is -2.39. The predicted octanol–water partition coefficient (Wildman–Crippen LogP) is 4.85. The molecule has 0 aliphatic carbocycles. The minimum Gasteiger partial charge on any atom is -0.357 e. The maximum atomic E-state index is 12.3. The van der Waals surface area contributed by atoms with Gasteiger partial charge in [-0.2, -0.15) is 11.3 Å². The summed E-state index contributed by atoms with van der Waals surface area (Å²) in [7, 11) is 0. The Morgan fingerprint density at radius 2 is 2.03 bits per heavy atom. The van der Waals surface area contributed by atoms with Crippen molar-refractivity contribution in [3.8, 4) is 0 Å². The molecule has 164 valence electrons. The minimum absolute atomic E-state index is 0. The van der Waals surface area contributed by atoms with Crippen molar-refractivity contribution in [1.29, 1.82) is 0 Å². The highest BCUT2D eigenvalue weighted by molar-refractivity contribution is 14.0. The largest absolute Gasteiger partial charge is 0.357 e. The number of rotatable bonds is 7. The first-order valence-corrected chi connectivity index (χ1v) is 11.3. The molecule has 2 heterocycles. The summed E-state index contributed by atoms with van der Waals surface area (Å²) >= 11 is 1.73. The fourth-order valence-electron chi connectivity index (χ4n) is 3.31. The van der Waals surface area contributed by atoms with E-state index in [1.54, 1.807) is 11.3 Å². The van der Waals surface area contributed by atoms with Crippen LogP contribution in [0.5, 0.6) is 0 Å². The van der Waals surface area contributed by atoms with Crippen molar-refractivity contribution in [3.05, 3.63) is 52.2 Å². The van der Waals surface area contributed by atoms with E-state index in [1.807, 2.05) is 29.2 Å². The van der Waals surface area contributed by atoms with Crippen molar-refractivity contribution < 1.29 is 4.79 Å². The van der Waals surface area contributed by atoms with Crippen molar-refractivity contribution in [3.63, 3.8) is 0 Å². The number of anilines is 1. The van der Waals surface area contributed by atoms with Crippen molar-refractivity contribution in [2.45, 2.75) is 39.2 Å². The summed E-state index contributed by atoms with van der Waals surface area (Å²) in [5, 5.41) is 14.0. The SMILES string of the molecule is CCNC(=NCc1cccc(NC(=O)N2CCCC2)c1)NCC(C)c1ccsc1.I. The number of likely N-dealkylation sites (tertiary alicyclic amines) is 1. The van der Waals surface area contributed by atoms with Crippen molar-refractivity contribution >= 4 is 53.0 Å². The van der Waals surface area contributed by atoms with Gasteiger partial charge in [0.2, 0.25) is 0 Å². The van der Waals surface area contributed by atoms with Gasteiger partial charge < -0.3 is 20.9 Å². The van der Waals surface area contributed by atoms with Crippen LogP contribution in [0.4, 0.5) is 10.5 Å². The van der Waals surface area contributed by atoms with Gasteiger partial charge in [0.25, 0.3) is 0 Å². The Bertz CT molecular complexity index is 806. The summed E-state index contributed by atoms with van der Waals surface area (Å²) < 4.78 is 0. The molecule has 0 saturated carbocycles. The number of aliphatic imine (C=N–C) groups is 1. The first kappa shape index (κ1) is 24.5. The number of thiophene rings is 1. The summed E-state index contributed by atoms with van der Waals surface area (Å²) in [6.45, 7) is 8.16. The Kier molecular flexibility index (Phi) is 10.4. The molecule has 2 aromatic rings. The molecule has 1 aliphatic rings. The maximum absolute atomic E-state index is 12.3. The van der Waals surface area contributed by atoms with Gasteiger partial charge in [0.1, 0.15) is 0 Å². The number of nitrogens with one attached hydrogen (secondary N) is 3. The van der Waals surface area contributed by atoms with Crippen LogP contribution in [0.25, 0.3) is 0 Å². The lowest BCUT2D eigenvalue weighted by Gasteiger charge is -2.17. The molecule has 8 heteroatoms. The topological polar surface area (TPSA) is 68.8 Å². The number of halogens is 1. The van der Waals surface area contributed by atoms with Crippen molar-refractivity contribution in [2.24, 2.45) is 4.99 Å². The molecule has 0 radical (unpaired) electrons. The molecule has 6 nitrogen and oxygen atoms in total. The summed E-state index contributed by atoms with van der Waals surface area (Å²) in [6, 6.07) is 10.1. The Morgan fingerprint density at radius 3 is 2.73 bits per heavy atom. The molecule has 1 atom stereocenters. The lowest BCUT2D eigenvalue weighted by molar-refractivity contribution is 0.222. The number of benzene rings is 1. The summed E-state index contributed by atoms with van der Waals surface area (Å²) in [6.07, 6.45) is 2.18. The average molecular weight is 542 g/mol. The third-order valence-electron chi connectivity index (χ3n) is 5.02. The zero-order valence-electron chi connectivity index (χ0n) is 17.7. The van der Waals surface area contributed by atoms with E-state index in [0.29, 0.717) is 12.5 Å². The molecule has 1 unspecified atom stereocenters. The number of carbonyl (C=O) groups is 1. The van der Waals surface area contributed by atoms with Crippen LogP contribution in [0.1, 0.15) is 43.7 Å². The molecule has 1 saturated heterocycles. The minimum atomic E-state index is -0.0134. The number of nitrogens with zero attached hydrogens (tertiary/aromatic N) is 2. The zero-order valence-corrected chi connectivity index (χ0v) is 20.8. The smallest absolute Gasteiger partial charge is 0.321 e. The maximum Gasteiger partial charge on any atom is 0.321 e. The van der Waals surface area contributed by atoms with Gasteiger partial charge in [-0.05, 0) is 65.8 Å². The summed E-state index contributed by atoms with van der Waals surface area (Å²) in [5.74, 6) is 1.23.